The number of hydrogen-bond donors (Lipinski definition) is 1. The Labute approximate surface area is 140 Å². The molecule has 0 atom stereocenters. The Morgan fingerprint density at radius 3 is 2.46 bits per heavy atom. The molecule has 24 heavy (non-hydrogen) atoms. The Balaban J connectivity index is 1.84. The molecule has 0 aliphatic carbocycles. The van der Waals surface area contributed by atoms with Crippen LogP contribution in [-0.2, 0) is 0 Å². The third-order valence-corrected chi connectivity index (χ3v) is 3.90. The van der Waals surface area contributed by atoms with Gasteiger partial charge in [0.2, 0.25) is 0 Å². The largest absolute Gasteiger partial charge is 0.496 e. The molecule has 120 valence electrons. The van der Waals surface area contributed by atoms with E-state index >= 15 is 0 Å². The van der Waals surface area contributed by atoms with Crippen LogP contribution in [0.3, 0.4) is 0 Å². The average Bonchev–Trinajstić information content (AvgIpc) is 2.62. The lowest BCUT2D eigenvalue weighted by Gasteiger charge is -2.07. The lowest BCUT2D eigenvalue weighted by Crippen LogP contribution is -2.18. The molecule has 3 aromatic carbocycles. The lowest BCUT2D eigenvalue weighted by molar-refractivity contribution is 0.0954. The molecule has 0 aliphatic rings. The second kappa shape index (κ2) is 6.96. The third kappa shape index (κ3) is 3.13. The molecule has 0 fully saturated rings. The van der Waals surface area contributed by atoms with E-state index in [4.69, 9.17) is 4.74 Å². The number of ether oxygens (including phenoxy) is 1. The van der Waals surface area contributed by atoms with E-state index in [1.165, 1.54) is 0 Å². The van der Waals surface area contributed by atoms with Gasteiger partial charge in [-0.1, -0.05) is 42.5 Å². The van der Waals surface area contributed by atoms with Crippen molar-refractivity contribution in [2.75, 3.05) is 7.11 Å². The van der Waals surface area contributed by atoms with E-state index in [9.17, 15) is 4.79 Å². The van der Waals surface area contributed by atoms with Crippen molar-refractivity contribution in [2.45, 2.75) is 6.92 Å². The van der Waals surface area contributed by atoms with Gasteiger partial charge in [0, 0.05) is 16.5 Å². The highest BCUT2D eigenvalue weighted by Crippen LogP contribution is 2.27. The van der Waals surface area contributed by atoms with Gasteiger partial charge in [0.05, 0.1) is 13.3 Å². The first-order chi connectivity index (χ1) is 11.7. The molecule has 1 N–H and O–H groups in total. The number of nitrogens with one attached hydrogen (secondary N) is 1. The Bertz CT molecular complexity index is 916. The third-order valence-electron chi connectivity index (χ3n) is 3.90. The monoisotopic (exact) mass is 318 g/mol. The summed E-state index contributed by atoms with van der Waals surface area (Å²) in [5.74, 6) is 0.592. The molecule has 0 bridgehead atoms. The number of carbonyl (C=O) groups excluding carboxylic acids is 1. The summed E-state index contributed by atoms with van der Waals surface area (Å²) in [4.78, 5) is 12.2. The molecule has 4 nitrogen and oxygen atoms in total. The van der Waals surface area contributed by atoms with Gasteiger partial charge in [-0.15, -0.1) is 0 Å². The van der Waals surface area contributed by atoms with Crippen LogP contribution in [0.2, 0.25) is 0 Å². The normalized spacial score (nSPS) is 10.9. The molecule has 0 aliphatic heterocycles. The molecule has 0 saturated heterocycles. The molecule has 0 saturated carbocycles. The van der Waals surface area contributed by atoms with E-state index < -0.39 is 0 Å². The minimum Gasteiger partial charge on any atom is -0.496 e. The zero-order valence-electron chi connectivity index (χ0n) is 13.6. The second-order valence-electron chi connectivity index (χ2n) is 5.42. The van der Waals surface area contributed by atoms with Crippen LogP contribution in [-0.4, -0.2) is 19.2 Å². The maximum atomic E-state index is 12.2. The van der Waals surface area contributed by atoms with Gasteiger partial charge in [0.15, 0.2) is 0 Å². The summed E-state index contributed by atoms with van der Waals surface area (Å²) in [6, 6.07) is 19.2. The molecule has 4 heteroatoms. The van der Waals surface area contributed by atoms with Gasteiger partial charge in [-0.05, 0) is 36.1 Å². The van der Waals surface area contributed by atoms with Crippen LogP contribution in [0.5, 0.6) is 5.75 Å². The minimum absolute atomic E-state index is 0.220. The van der Waals surface area contributed by atoms with Crippen molar-refractivity contribution in [3.05, 3.63) is 77.4 Å². The first kappa shape index (κ1) is 15.7. The number of hydrazone groups is 1. The second-order valence-corrected chi connectivity index (χ2v) is 5.42. The first-order valence-corrected chi connectivity index (χ1v) is 7.65. The summed E-state index contributed by atoms with van der Waals surface area (Å²) in [6.07, 6.45) is 1.65. The first-order valence-electron chi connectivity index (χ1n) is 7.65. The number of amides is 1. The molecular formula is C20H18N2O2. The smallest absolute Gasteiger partial charge is 0.271 e. The fourth-order valence-electron chi connectivity index (χ4n) is 2.63. The van der Waals surface area contributed by atoms with Crippen LogP contribution in [0.15, 0.2) is 65.8 Å². The van der Waals surface area contributed by atoms with Crippen molar-refractivity contribution in [3.63, 3.8) is 0 Å². The van der Waals surface area contributed by atoms with Crippen LogP contribution in [0.4, 0.5) is 0 Å². The van der Waals surface area contributed by atoms with Crippen molar-refractivity contribution in [1.29, 1.82) is 0 Å². The van der Waals surface area contributed by atoms with Gasteiger partial charge >= 0.3 is 0 Å². The highest BCUT2D eigenvalue weighted by Gasteiger charge is 2.07. The molecule has 0 unspecified atom stereocenters. The van der Waals surface area contributed by atoms with E-state index in [2.05, 4.69) is 10.5 Å². The van der Waals surface area contributed by atoms with E-state index in [1.807, 2.05) is 61.5 Å². The van der Waals surface area contributed by atoms with Gasteiger partial charge in [-0.2, -0.15) is 5.10 Å². The van der Waals surface area contributed by atoms with E-state index in [0.717, 1.165) is 27.6 Å². The molecule has 1 amide bonds. The van der Waals surface area contributed by atoms with Crippen molar-refractivity contribution >= 4 is 22.9 Å². The zero-order valence-corrected chi connectivity index (χ0v) is 13.6. The van der Waals surface area contributed by atoms with Gasteiger partial charge < -0.3 is 4.74 Å². The Hall–Kier alpha value is -3.14. The Kier molecular flexibility index (Phi) is 4.57. The van der Waals surface area contributed by atoms with Crippen molar-refractivity contribution in [2.24, 2.45) is 5.10 Å². The standard InChI is InChI=1S/C20H18N2O2/c1-14-7-3-4-8-16(14)20(23)22-21-13-15-11-12-19(24-2)18-10-6-5-9-17(15)18/h3-13H,1-2H3,(H,22,23)/b21-13-. The quantitative estimate of drug-likeness (QED) is 0.585. The van der Waals surface area contributed by atoms with Gasteiger partial charge in [0.1, 0.15) is 5.75 Å². The predicted octanol–water partition coefficient (Wildman–Crippen LogP) is 3.92. The number of hydrogen-bond acceptors (Lipinski definition) is 3. The maximum absolute atomic E-state index is 12.2. The summed E-state index contributed by atoms with van der Waals surface area (Å²) < 4.78 is 5.38. The van der Waals surface area contributed by atoms with Crippen LogP contribution in [0.1, 0.15) is 21.5 Å². The van der Waals surface area contributed by atoms with Crippen LogP contribution < -0.4 is 10.2 Å². The molecule has 0 radical (unpaired) electrons. The summed E-state index contributed by atoms with van der Waals surface area (Å²) >= 11 is 0. The average molecular weight is 318 g/mol. The summed E-state index contributed by atoms with van der Waals surface area (Å²) in [5.41, 5.74) is 5.03. The predicted molar refractivity (Wildman–Crippen MR) is 96.7 cm³/mol. The lowest BCUT2D eigenvalue weighted by atomic mass is 10.0. The Morgan fingerprint density at radius 1 is 1.00 bits per heavy atom. The summed E-state index contributed by atoms with van der Waals surface area (Å²) in [7, 11) is 1.65. The number of nitrogens with zero attached hydrogens (tertiary/aromatic N) is 1. The summed E-state index contributed by atoms with van der Waals surface area (Å²) in [6.45, 7) is 1.90. The van der Waals surface area contributed by atoms with Gasteiger partial charge in [-0.25, -0.2) is 5.43 Å². The van der Waals surface area contributed by atoms with Crippen molar-refractivity contribution in [3.8, 4) is 5.75 Å². The fourth-order valence-corrected chi connectivity index (χ4v) is 2.63. The molecule has 0 heterocycles. The number of aryl methyl sites for hydroxylation is 1. The van der Waals surface area contributed by atoms with Crippen molar-refractivity contribution < 1.29 is 9.53 Å². The highest BCUT2D eigenvalue weighted by molar-refractivity contribution is 6.03. The SMILES string of the molecule is COc1ccc(/C=N\NC(=O)c2ccccc2C)c2ccccc12. The van der Waals surface area contributed by atoms with E-state index in [-0.39, 0.29) is 5.91 Å². The summed E-state index contributed by atoms with van der Waals surface area (Å²) in [5, 5.41) is 6.13. The van der Waals surface area contributed by atoms with Crippen LogP contribution >= 0.6 is 0 Å². The highest BCUT2D eigenvalue weighted by atomic mass is 16.5. The zero-order chi connectivity index (χ0) is 16.9. The fraction of sp³-hybridized carbons (Fsp3) is 0.100. The van der Waals surface area contributed by atoms with E-state index in [1.54, 1.807) is 19.4 Å². The number of methoxy groups -OCH3 is 1. The molecule has 0 aromatic heterocycles. The topological polar surface area (TPSA) is 50.7 Å². The van der Waals surface area contributed by atoms with Gasteiger partial charge in [-0.3, -0.25) is 4.79 Å². The number of rotatable bonds is 4. The van der Waals surface area contributed by atoms with Crippen LogP contribution in [0.25, 0.3) is 10.8 Å². The number of benzene rings is 3. The molecule has 3 aromatic rings. The molecular weight excluding hydrogens is 300 g/mol. The Morgan fingerprint density at radius 2 is 1.71 bits per heavy atom. The maximum Gasteiger partial charge on any atom is 0.271 e. The van der Waals surface area contributed by atoms with Gasteiger partial charge in [0.25, 0.3) is 5.91 Å². The van der Waals surface area contributed by atoms with Crippen molar-refractivity contribution in [1.82, 2.24) is 5.43 Å². The molecule has 3 rings (SSSR count). The minimum atomic E-state index is -0.220. The van der Waals surface area contributed by atoms with E-state index in [0.29, 0.717) is 5.56 Å². The number of carbonyl (C=O) groups is 1. The number of fused-ring (bicyclic) bond motifs is 1. The van der Waals surface area contributed by atoms with Crippen LogP contribution in [0, 0.1) is 6.92 Å². The molecule has 0 spiro atoms.